The Labute approximate surface area is 223 Å². The molecule has 9 heteroatoms. The van der Waals surface area contributed by atoms with E-state index >= 15 is 0 Å². The van der Waals surface area contributed by atoms with Crippen molar-refractivity contribution in [3.8, 4) is 0 Å². The van der Waals surface area contributed by atoms with Crippen LogP contribution in [0.15, 0.2) is 42.7 Å². The van der Waals surface area contributed by atoms with E-state index in [0.717, 1.165) is 52.9 Å². The number of nitrogens with one attached hydrogen (secondary N) is 3. The van der Waals surface area contributed by atoms with Gasteiger partial charge in [0, 0.05) is 60.6 Å². The van der Waals surface area contributed by atoms with E-state index in [9.17, 15) is 4.79 Å². The number of hydrogen-bond donors (Lipinski definition) is 3. The minimum absolute atomic E-state index is 0.0202. The lowest BCUT2D eigenvalue weighted by Gasteiger charge is -2.30. The number of urea groups is 1. The summed E-state index contributed by atoms with van der Waals surface area (Å²) in [5, 5.41) is 13.4. The summed E-state index contributed by atoms with van der Waals surface area (Å²) in [5.74, 6) is 0. The highest BCUT2D eigenvalue weighted by Gasteiger charge is 2.22. The predicted molar refractivity (Wildman–Crippen MR) is 155 cm³/mol. The number of benzene rings is 1. The first-order chi connectivity index (χ1) is 18.1. The molecule has 2 amide bonds. The number of pyridine rings is 1. The normalized spacial score (nSPS) is 14.4. The fourth-order valence-electron chi connectivity index (χ4n) is 4.99. The quantitative estimate of drug-likeness (QED) is 0.340. The Bertz CT molecular complexity index is 1500. The third-order valence-electron chi connectivity index (χ3n) is 6.88. The van der Waals surface area contributed by atoms with Gasteiger partial charge in [-0.1, -0.05) is 6.08 Å². The number of anilines is 2. The molecular weight excluding hydrogens is 476 g/mol. The van der Waals surface area contributed by atoms with Crippen molar-refractivity contribution >= 4 is 44.9 Å². The molecular formula is C29H38N8O. The molecule has 0 radical (unpaired) electrons. The first-order valence-electron chi connectivity index (χ1n) is 13.2. The van der Waals surface area contributed by atoms with Gasteiger partial charge in [-0.25, -0.2) is 9.78 Å². The SMILES string of the molecule is CN(C)CCc1cc(Nc2ccnc3[nH]c(C4=CCN(C(=O)NC(C)(C)C)CC4)cc23)cc2cnn(C)c12. The van der Waals surface area contributed by atoms with Gasteiger partial charge in [0.05, 0.1) is 17.4 Å². The van der Waals surface area contributed by atoms with Crippen LogP contribution in [0.3, 0.4) is 0 Å². The molecule has 0 saturated heterocycles. The zero-order valence-corrected chi connectivity index (χ0v) is 23.2. The van der Waals surface area contributed by atoms with Gasteiger partial charge in [0.15, 0.2) is 0 Å². The van der Waals surface area contributed by atoms with E-state index in [-0.39, 0.29) is 11.6 Å². The van der Waals surface area contributed by atoms with Gasteiger partial charge in [-0.15, -0.1) is 0 Å². The van der Waals surface area contributed by atoms with Crippen molar-refractivity contribution in [2.75, 3.05) is 39.0 Å². The average Bonchev–Trinajstić information content (AvgIpc) is 3.46. The number of aromatic nitrogens is 4. The van der Waals surface area contributed by atoms with E-state index in [1.807, 2.05) is 55.9 Å². The van der Waals surface area contributed by atoms with Crippen molar-refractivity contribution in [3.05, 3.63) is 54.0 Å². The van der Waals surface area contributed by atoms with Crippen molar-refractivity contribution in [2.45, 2.75) is 39.2 Å². The Morgan fingerprint density at radius 3 is 2.74 bits per heavy atom. The van der Waals surface area contributed by atoms with E-state index < -0.39 is 0 Å². The van der Waals surface area contributed by atoms with E-state index in [1.165, 1.54) is 16.7 Å². The van der Waals surface area contributed by atoms with Crippen LogP contribution in [0.5, 0.6) is 0 Å². The molecule has 1 aliphatic heterocycles. The topological polar surface area (TPSA) is 94.1 Å². The molecule has 1 aliphatic rings. The number of nitrogens with zero attached hydrogens (tertiary/aromatic N) is 5. The zero-order valence-electron chi connectivity index (χ0n) is 23.2. The maximum absolute atomic E-state index is 12.5. The first-order valence-corrected chi connectivity index (χ1v) is 13.2. The number of amides is 2. The Morgan fingerprint density at radius 1 is 1.21 bits per heavy atom. The van der Waals surface area contributed by atoms with Crippen LogP contribution >= 0.6 is 0 Å². The summed E-state index contributed by atoms with van der Waals surface area (Å²) in [7, 11) is 6.19. The van der Waals surface area contributed by atoms with Gasteiger partial charge in [0.2, 0.25) is 0 Å². The van der Waals surface area contributed by atoms with Crippen LogP contribution in [0, 0.1) is 0 Å². The molecule has 0 aliphatic carbocycles. The number of hydrogen-bond acceptors (Lipinski definition) is 5. The van der Waals surface area contributed by atoms with Crippen molar-refractivity contribution < 1.29 is 4.79 Å². The summed E-state index contributed by atoms with van der Waals surface area (Å²) >= 11 is 0. The van der Waals surface area contributed by atoms with Crippen LogP contribution in [0.1, 0.15) is 38.4 Å². The van der Waals surface area contributed by atoms with Crippen LogP contribution in [0.25, 0.3) is 27.5 Å². The highest BCUT2D eigenvalue weighted by molar-refractivity contribution is 5.95. The zero-order chi connectivity index (χ0) is 27.0. The van der Waals surface area contributed by atoms with Crippen molar-refractivity contribution in [2.24, 2.45) is 7.05 Å². The summed E-state index contributed by atoms with van der Waals surface area (Å²) in [5.41, 5.74) is 7.33. The third-order valence-corrected chi connectivity index (χ3v) is 6.88. The lowest BCUT2D eigenvalue weighted by molar-refractivity contribution is 0.193. The number of carbonyl (C=O) groups excluding carboxylic acids is 1. The van der Waals surface area contributed by atoms with E-state index in [1.54, 1.807) is 0 Å². The maximum atomic E-state index is 12.5. The van der Waals surface area contributed by atoms with Crippen molar-refractivity contribution in [1.82, 2.24) is 34.9 Å². The number of fused-ring (bicyclic) bond motifs is 2. The van der Waals surface area contributed by atoms with Crippen LogP contribution in [-0.4, -0.2) is 74.8 Å². The fraction of sp³-hybridized carbons (Fsp3) is 0.414. The number of aryl methyl sites for hydroxylation is 1. The van der Waals surface area contributed by atoms with E-state index in [2.05, 4.69) is 69.0 Å². The molecule has 4 aromatic rings. The molecule has 0 atom stereocenters. The molecule has 1 aromatic carbocycles. The smallest absolute Gasteiger partial charge is 0.318 e. The number of rotatable bonds is 6. The maximum Gasteiger partial charge on any atom is 0.318 e. The Hall–Kier alpha value is -3.85. The van der Waals surface area contributed by atoms with Crippen LogP contribution in [0.4, 0.5) is 16.2 Å². The molecule has 0 fully saturated rings. The molecule has 0 saturated carbocycles. The number of H-pyrrole nitrogens is 1. The van der Waals surface area contributed by atoms with Gasteiger partial charge in [-0.2, -0.15) is 5.10 Å². The largest absolute Gasteiger partial charge is 0.355 e. The van der Waals surface area contributed by atoms with Crippen LogP contribution in [0.2, 0.25) is 0 Å². The highest BCUT2D eigenvalue weighted by atomic mass is 16.2. The second-order valence-electron chi connectivity index (χ2n) is 11.4. The first kappa shape index (κ1) is 25.8. The summed E-state index contributed by atoms with van der Waals surface area (Å²) < 4.78 is 1.96. The molecule has 200 valence electrons. The van der Waals surface area contributed by atoms with Crippen molar-refractivity contribution in [1.29, 1.82) is 0 Å². The van der Waals surface area contributed by atoms with Gasteiger partial charge < -0.3 is 25.4 Å². The summed E-state index contributed by atoms with van der Waals surface area (Å²) in [4.78, 5) is 24.7. The van der Waals surface area contributed by atoms with Gasteiger partial charge in [-0.05, 0) is 83.1 Å². The van der Waals surface area contributed by atoms with E-state index in [0.29, 0.717) is 13.1 Å². The molecule has 38 heavy (non-hydrogen) atoms. The fourth-order valence-corrected chi connectivity index (χ4v) is 4.99. The van der Waals surface area contributed by atoms with Crippen LogP contribution in [-0.2, 0) is 13.5 Å². The van der Waals surface area contributed by atoms with Crippen LogP contribution < -0.4 is 10.6 Å². The Balaban J connectivity index is 1.39. The van der Waals surface area contributed by atoms with Gasteiger partial charge >= 0.3 is 6.03 Å². The third kappa shape index (κ3) is 5.52. The summed E-state index contributed by atoms with van der Waals surface area (Å²) in [6.45, 7) is 8.24. The number of aromatic amines is 1. The standard InChI is InChI=1S/C29H38N8O/c1-29(2,3)34-28(38)37-13-9-19(10-14-37)25-17-23-24(7-11-30-27(23)33-25)32-22-15-20(8-12-35(4)5)26-21(16-22)18-31-36(26)6/h7,9,11,15-18H,8,10,12-14H2,1-6H3,(H,34,38)(H2,30,32,33). The van der Waals surface area contributed by atoms with Gasteiger partial charge in [0.1, 0.15) is 5.65 Å². The molecule has 0 bridgehead atoms. The molecule has 5 rings (SSSR count). The molecule has 9 nitrogen and oxygen atoms in total. The van der Waals surface area contributed by atoms with Gasteiger partial charge in [-0.3, -0.25) is 4.68 Å². The number of carbonyl (C=O) groups is 1. The van der Waals surface area contributed by atoms with Gasteiger partial charge in [0.25, 0.3) is 0 Å². The second kappa shape index (κ2) is 10.1. The van der Waals surface area contributed by atoms with E-state index in [4.69, 9.17) is 0 Å². The highest BCUT2D eigenvalue weighted by Crippen LogP contribution is 2.32. The minimum atomic E-state index is -0.248. The molecule has 0 spiro atoms. The molecule has 4 heterocycles. The summed E-state index contributed by atoms with van der Waals surface area (Å²) in [6.07, 6.45) is 7.62. The lowest BCUT2D eigenvalue weighted by atomic mass is 10.0. The Morgan fingerprint density at radius 2 is 2.03 bits per heavy atom. The summed E-state index contributed by atoms with van der Waals surface area (Å²) in [6, 6.07) is 8.54. The number of likely N-dealkylation sites (N-methyl/N-ethyl adjacent to an activating group) is 1. The minimum Gasteiger partial charge on any atom is -0.355 e. The van der Waals surface area contributed by atoms with Crippen molar-refractivity contribution in [3.63, 3.8) is 0 Å². The average molecular weight is 515 g/mol. The predicted octanol–water partition coefficient (Wildman–Crippen LogP) is 4.89. The Kier molecular flexibility index (Phi) is 6.88. The molecule has 3 aromatic heterocycles. The molecule has 3 N–H and O–H groups in total. The molecule has 0 unspecified atom stereocenters. The lowest BCUT2D eigenvalue weighted by Crippen LogP contribution is -2.49. The second-order valence-corrected chi connectivity index (χ2v) is 11.4. The monoisotopic (exact) mass is 514 g/mol.